The van der Waals surface area contributed by atoms with Crippen LogP contribution in [0.15, 0.2) is 42.6 Å². The van der Waals surface area contributed by atoms with Crippen molar-refractivity contribution >= 4 is 34.3 Å². The molecule has 3 aromatic rings. The van der Waals surface area contributed by atoms with Gasteiger partial charge in [0.15, 0.2) is 11.5 Å². The smallest absolute Gasteiger partial charge is 0.245 e. The van der Waals surface area contributed by atoms with Crippen LogP contribution in [0.1, 0.15) is 6.42 Å². The molecule has 0 saturated carbocycles. The van der Waals surface area contributed by atoms with Gasteiger partial charge in [-0.3, -0.25) is 0 Å². The fourth-order valence-corrected chi connectivity index (χ4v) is 2.84. The summed E-state index contributed by atoms with van der Waals surface area (Å²) in [4.78, 5) is 10.9. The van der Waals surface area contributed by atoms with Crippen LogP contribution in [0.4, 0.5) is 16.0 Å². The molecule has 28 heavy (non-hydrogen) atoms. The van der Waals surface area contributed by atoms with Crippen molar-refractivity contribution in [3.05, 3.63) is 48.4 Å². The lowest BCUT2D eigenvalue weighted by Gasteiger charge is -2.16. The van der Waals surface area contributed by atoms with E-state index in [0.29, 0.717) is 29.3 Å². The molecule has 0 aliphatic carbocycles. The molecule has 3 rings (SSSR count). The Morgan fingerprint density at radius 1 is 1.11 bits per heavy atom. The number of nitrogens with zero attached hydrogens (tertiary/aromatic N) is 4. The largest absolute Gasteiger partial charge is 0.493 e. The fourth-order valence-electron chi connectivity index (χ4n) is 2.65. The molecule has 0 atom stereocenters. The van der Waals surface area contributed by atoms with Gasteiger partial charge in [0.25, 0.3) is 0 Å². The maximum absolute atomic E-state index is 13.1. The standard InChI is InChI=1S/C20H22ClFN4O2/c1-25(2)9-4-10-28-19-11-14-13-23-20(24-17(14)12-18(19)27-3)26(21)16-7-5-15(22)6-8-16/h5-8,11-13H,4,9-10H2,1-3H3. The maximum atomic E-state index is 13.1. The number of hydrogen-bond donors (Lipinski definition) is 0. The second kappa shape index (κ2) is 9.03. The van der Waals surface area contributed by atoms with Crippen LogP contribution in [-0.4, -0.2) is 49.2 Å². The Hall–Kier alpha value is -2.64. The summed E-state index contributed by atoms with van der Waals surface area (Å²) in [5.41, 5.74) is 1.23. The number of ether oxygens (including phenoxy) is 2. The highest BCUT2D eigenvalue weighted by molar-refractivity contribution is 6.28. The summed E-state index contributed by atoms with van der Waals surface area (Å²) in [6, 6.07) is 9.41. The number of benzene rings is 2. The molecule has 0 aliphatic heterocycles. The molecule has 0 bridgehead atoms. The van der Waals surface area contributed by atoms with Gasteiger partial charge in [-0.2, -0.15) is 0 Å². The van der Waals surface area contributed by atoms with E-state index >= 15 is 0 Å². The van der Waals surface area contributed by atoms with E-state index in [4.69, 9.17) is 21.3 Å². The second-order valence-corrected chi connectivity index (χ2v) is 6.83. The molecule has 1 heterocycles. The zero-order chi connectivity index (χ0) is 20.1. The molecule has 1 aromatic heterocycles. The monoisotopic (exact) mass is 404 g/mol. The van der Waals surface area contributed by atoms with Crippen molar-refractivity contribution in [1.29, 1.82) is 0 Å². The van der Waals surface area contributed by atoms with E-state index in [1.165, 1.54) is 16.6 Å². The SMILES string of the molecule is COc1cc2nc(N(Cl)c3ccc(F)cc3)ncc2cc1OCCCN(C)C. The fraction of sp³-hybridized carbons (Fsp3) is 0.300. The van der Waals surface area contributed by atoms with Crippen molar-refractivity contribution in [1.82, 2.24) is 14.9 Å². The maximum Gasteiger partial charge on any atom is 0.245 e. The Bertz CT molecular complexity index is 937. The molecule has 0 saturated heterocycles. The van der Waals surface area contributed by atoms with E-state index in [-0.39, 0.29) is 11.8 Å². The van der Waals surface area contributed by atoms with Crippen LogP contribution < -0.4 is 13.9 Å². The van der Waals surface area contributed by atoms with Crippen molar-refractivity contribution in [2.45, 2.75) is 6.42 Å². The highest BCUT2D eigenvalue weighted by Gasteiger charge is 2.13. The number of rotatable bonds is 8. The van der Waals surface area contributed by atoms with Crippen LogP contribution >= 0.6 is 11.8 Å². The van der Waals surface area contributed by atoms with Crippen molar-refractivity contribution in [2.75, 3.05) is 38.8 Å². The second-order valence-electron chi connectivity index (χ2n) is 6.49. The molecule has 0 spiro atoms. The first-order chi connectivity index (χ1) is 13.5. The summed E-state index contributed by atoms with van der Waals surface area (Å²) >= 11 is 6.33. The molecule has 8 heteroatoms. The molecular weight excluding hydrogens is 383 g/mol. The lowest BCUT2D eigenvalue weighted by molar-refractivity contribution is 0.268. The zero-order valence-corrected chi connectivity index (χ0v) is 16.8. The molecule has 148 valence electrons. The third kappa shape index (κ3) is 4.79. The minimum Gasteiger partial charge on any atom is -0.493 e. The highest BCUT2D eigenvalue weighted by Crippen LogP contribution is 2.33. The van der Waals surface area contributed by atoms with Gasteiger partial charge >= 0.3 is 0 Å². The zero-order valence-electron chi connectivity index (χ0n) is 16.0. The summed E-state index contributed by atoms with van der Waals surface area (Å²) in [6.45, 7) is 1.52. The first-order valence-corrected chi connectivity index (χ1v) is 9.15. The van der Waals surface area contributed by atoms with E-state index in [1.807, 2.05) is 20.2 Å². The van der Waals surface area contributed by atoms with E-state index in [1.54, 1.807) is 31.5 Å². The molecule has 6 nitrogen and oxygen atoms in total. The Morgan fingerprint density at radius 3 is 2.54 bits per heavy atom. The lowest BCUT2D eigenvalue weighted by Crippen LogP contribution is -2.15. The first kappa shape index (κ1) is 20.1. The molecular formula is C20H22ClFN4O2. The third-order valence-electron chi connectivity index (χ3n) is 4.09. The molecule has 0 amide bonds. The molecule has 0 N–H and O–H groups in total. The Labute approximate surface area is 168 Å². The molecule has 0 unspecified atom stereocenters. The summed E-state index contributed by atoms with van der Waals surface area (Å²) in [5, 5.41) is 0.802. The number of fused-ring (bicyclic) bond motifs is 1. The van der Waals surface area contributed by atoms with Crippen LogP contribution in [0, 0.1) is 5.82 Å². The normalized spacial score (nSPS) is 11.1. The summed E-state index contributed by atoms with van der Waals surface area (Å²) in [5.74, 6) is 1.18. The van der Waals surface area contributed by atoms with E-state index in [0.717, 1.165) is 18.4 Å². The molecule has 0 fully saturated rings. The molecule has 0 radical (unpaired) electrons. The van der Waals surface area contributed by atoms with Crippen LogP contribution in [0.2, 0.25) is 0 Å². The van der Waals surface area contributed by atoms with Crippen molar-refractivity contribution in [2.24, 2.45) is 0 Å². The van der Waals surface area contributed by atoms with Crippen LogP contribution in [-0.2, 0) is 0 Å². The van der Waals surface area contributed by atoms with Gasteiger partial charge in [0.1, 0.15) is 5.82 Å². The first-order valence-electron chi connectivity index (χ1n) is 8.81. The Kier molecular flexibility index (Phi) is 6.49. The van der Waals surface area contributed by atoms with Gasteiger partial charge in [0.2, 0.25) is 5.95 Å². The van der Waals surface area contributed by atoms with Crippen molar-refractivity contribution < 1.29 is 13.9 Å². The van der Waals surface area contributed by atoms with E-state index in [9.17, 15) is 4.39 Å². The quantitative estimate of drug-likeness (QED) is 0.409. The lowest BCUT2D eigenvalue weighted by atomic mass is 10.2. The van der Waals surface area contributed by atoms with Crippen LogP contribution in [0.5, 0.6) is 11.5 Å². The van der Waals surface area contributed by atoms with Crippen molar-refractivity contribution in [3.63, 3.8) is 0 Å². The topological polar surface area (TPSA) is 50.7 Å². The van der Waals surface area contributed by atoms with Crippen molar-refractivity contribution in [3.8, 4) is 11.5 Å². The van der Waals surface area contributed by atoms with Crippen LogP contribution in [0.3, 0.4) is 0 Å². The predicted octanol–water partition coefficient (Wildman–Crippen LogP) is 4.40. The van der Waals surface area contributed by atoms with Gasteiger partial charge in [-0.15, -0.1) is 0 Å². The average molecular weight is 405 g/mol. The predicted molar refractivity (Wildman–Crippen MR) is 109 cm³/mol. The Balaban J connectivity index is 1.83. The van der Waals surface area contributed by atoms with Gasteiger partial charge in [0.05, 0.1) is 24.9 Å². The number of halogens is 2. The summed E-state index contributed by atoms with van der Waals surface area (Å²) in [6.07, 6.45) is 2.57. The van der Waals surface area contributed by atoms with Crippen LogP contribution in [0.25, 0.3) is 10.9 Å². The number of hydrogen-bond acceptors (Lipinski definition) is 6. The summed E-state index contributed by atoms with van der Waals surface area (Å²) in [7, 11) is 5.64. The molecule has 0 aliphatic rings. The summed E-state index contributed by atoms with van der Waals surface area (Å²) < 4.78 is 25.7. The van der Waals surface area contributed by atoms with E-state index in [2.05, 4.69) is 14.9 Å². The average Bonchev–Trinajstić information content (AvgIpc) is 2.70. The number of anilines is 2. The molecule has 2 aromatic carbocycles. The van der Waals surface area contributed by atoms with E-state index < -0.39 is 0 Å². The Morgan fingerprint density at radius 2 is 1.86 bits per heavy atom. The number of aromatic nitrogens is 2. The highest BCUT2D eigenvalue weighted by atomic mass is 35.5. The minimum atomic E-state index is -0.337. The minimum absolute atomic E-state index is 0.280. The van der Waals surface area contributed by atoms with Gasteiger partial charge < -0.3 is 14.4 Å². The van der Waals surface area contributed by atoms with Gasteiger partial charge in [-0.1, -0.05) is 0 Å². The van der Waals surface area contributed by atoms with Gasteiger partial charge in [-0.05, 0) is 50.8 Å². The van der Waals surface area contributed by atoms with Gasteiger partial charge in [0, 0.05) is 36.0 Å². The third-order valence-corrected chi connectivity index (χ3v) is 4.43. The van der Waals surface area contributed by atoms with Gasteiger partial charge in [-0.25, -0.2) is 18.8 Å². The number of methoxy groups -OCH3 is 1.